The van der Waals surface area contributed by atoms with Crippen molar-refractivity contribution in [2.75, 3.05) is 18.0 Å². The summed E-state index contributed by atoms with van der Waals surface area (Å²) in [5, 5.41) is 7.60. The number of nitrogens with zero attached hydrogens (tertiary/aromatic N) is 3. The molecule has 0 amide bonds. The van der Waals surface area contributed by atoms with Crippen molar-refractivity contribution in [2.24, 2.45) is 0 Å². The van der Waals surface area contributed by atoms with Crippen LogP contribution >= 0.6 is 27.3 Å². The van der Waals surface area contributed by atoms with Crippen molar-refractivity contribution >= 4 is 32.4 Å². The highest BCUT2D eigenvalue weighted by Crippen LogP contribution is 2.30. The number of halogens is 3. The highest BCUT2D eigenvalue weighted by Gasteiger charge is 2.24. The van der Waals surface area contributed by atoms with Gasteiger partial charge in [-0.15, -0.1) is 10.2 Å². The van der Waals surface area contributed by atoms with E-state index in [2.05, 4.69) is 26.1 Å². The Morgan fingerprint density at radius 2 is 2.29 bits per heavy atom. The van der Waals surface area contributed by atoms with Crippen molar-refractivity contribution in [3.8, 4) is 0 Å². The Bertz CT molecular complexity index is 320. The Morgan fingerprint density at radius 1 is 1.50 bits per heavy atom. The topological polar surface area (TPSA) is 29.0 Å². The molecule has 1 saturated heterocycles. The van der Waals surface area contributed by atoms with E-state index in [-0.39, 0.29) is 5.01 Å². The Balaban J connectivity index is 2.09. The van der Waals surface area contributed by atoms with Crippen LogP contribution in [0.2, 0.25) is 0 Å². The van der Waals surface area contributed by atoms with Crippen molar-refractivity contribution in [1.82, 2.24) is 10.2 Å². The second-order valence-corrected chi connectivity index (χ2v) is 5.34. The Hall–Kier alpha value is -0.300. The molecule has 0 aromatic carbocycles. The van der Waals surface area contributed by atoms with Crippen LogP contribution in [-0.4, -0.2) is 28.1 Å². The van der Waals surface area contributed by atoms with Crippen molar-refractivity contribution in [1.29, 1.82) is 0 Å². The second-order valence-electron chi connectivity index (χ2n) is 3.06. The summed E-state index contributed by atoms with van der Waals surface area (Å²) < 4.78 is 24.4. The quantitative estimate of drug-likeness (QED) is 0.781. The first kappa shape index (κ1) is 10.2. The van der Waals surface area contributed by atoms with Gasteiger partial charge >= 0.3 is 0 Å². The van der Waals surface area contributed by atoms with Gasteiger partial charge in [0.25, 0.3) is 6.43 Å². The standard InChI is InChI=1S/C7H8BrF2N3S/c8-4-1-2-13(3-4)7-12-11-6(14-7)5(9)10/h4-5H,1-3H2. The summed E-state index contributed by atoms with van der Waals surface area (Å²) >= 11 is 4.45. The van der Waals surface area contributed by atoms with Crippen molar-refractivity contribution in [3.05, 3.63) is 5.01 Å². The molecule has 1 atom stereocenters. The average molecular weight is 284 g/mol. The smallest absolute Gasteiger partial charge is 0.291 e. The first-order valence-corrected chi connectivity index (χ1v) is 5.90. The minimum absolute atomic E-state index is 0.196. The van der Waals surface area contributed by atoms with Gasteiger partial charge in [0.15, 0.2) is 5.01 Å². The molecular formula is C7H8BrF2N3S. The minimum atomic E-state index is -2.51. The molecule has 1 unspecified atom stereocenters. The Kier molecular flexibility index (Phi) is 2.96. The lowest BCUT2D eigenvalue weighted by Crippen LogP contribution is -2.19. The van der Waals surface area contributed by atoms with Crippen LogP contribution in [0.5, 0.6) is 0 Å². The third kappa shape index (κ3) is 2.03. The molecule has 1 aliphatic heterocycles. The normalized spacial score (nSPS) is 22.3. The highest BCUT2D eigenvalue weighted by atomic mass is 79.9. The molecule has 0 spiro atoms. The second kappa shape index (κ2) is 4.06. The molecule has 0 N–H and O–H groups in total. The maximum absolute atomic E-state index is 12.2. The summed E-state index contributed by atoms with van der Waals surface area (Å²) in [5.41, 5.74) is 0. The summed E-state index contributed by atoms with van der Waals surface area (Å²) in [6.45, 7) is 1.67. The summed E-state index contributed by atoms with van der Waals surface area (Å²) in [5.74, 6) is 0. The van der Waals surface area contributed by atoms with Gasteiger partial charge in [-0.1, -0.05) is 27.3 Å². The van der Waals surface area contributed by atoms with E-state index >= 15 is 0 Å². The van der Waals surface area contributed by atoms with E-state index in [1.807, 2.05) is 4.90 Å². The molecule has 1 aromatic rings. The van der Waals surface area contributed by atoms with Crippen molar-refractivity contribution in [2.45, 2.75) is 17.7 Å². The number of hydrogen-bond acceptors (Lipinski definition) is 4. The van der Waals surface area contributed by atoms with Crippen LogP contribution in [0, 0.1) is 0 Å². The van der Waals surface area contributed by atoms with E-state index in [4.69, 9.17) is 0 Å². The summed E-state index contributed by atoms with van der Waals surface area (Å²) in [4.78, 5) is 2.41. The molecule has 0 bridgehead atoms. The summed E-state index contributed by atoms with van der Waals surface area (Å²) in [6, 6.07) is 0. The van der Waals surface area contributed by atoms with Crippen LogP contribution in [0.1, 0.15) is 17.9 Å². The first-order valence-electron chi connectivity index (χ1n) is 4.17. The SMILES string of the molecule is FC(F)c1nnc(N2CCC(Br)C2)s1. The first-order chi connectivity index (χ1) is 6.66. The minimum Gasteiger partial charge on any atom is -0.345 e. The lowest BCUT2D eigenvalue weighted by Gasteiger charge is -2.11. The molecule has 78 valence electrons. The van der Waals surface area contributed by atoms with E-state index in [9.17, 15) is 8.78 Å². The van der Waals surface area contributed by atoms with Gasteiger partial charge < -0.3 is 4.90 Å². The van der Waals surface area contributed by atoms with Crippen molar-refractivity contribution in [3.63, 3.8) is 0 Å². The fraction of sp³-hybridized carbons (Fsp3) is 0.714. The van der Waals surface area contributed by atoms with Crippen LogP contribution in [0.15, 0.2) is 0 Å². The number of hydrogen-bond donors (Lipinski definition) is 0. The van der Waals surface area contributed by atoms with Gasteiger partial charge in [0.05, 0.1) is 0 Å². The third-order valence-corrected chi connectivity index (χ3v) is 3.76. The Morgan fingerprint density at radius 3 is 2.79 bits per heavy atom. The zero-order chi connectivity index (χ0) is 10.1. The number of alkyl halides is 3. The van der Waals surface area contributed by atoms with Gasteiger partial charge in [-0.2, -0.15) is 0 Å². The predicted octanol–water partition coefficient (Wildman–Crippen LogP) is 2.45. The van der Waals surface area contributed by atoms with Gasteiger partial charge in [-0.05, 0) is 6.42 Å². The largest absolute Gasteiger partial charge is 0.345 e. The monoisotopic (exact) mass is 283 g/mol. The molecule has 1 aliphatic rings. The molecule has 1 aromatic heterocycles. The van der Waals surface area contributed by atoms with Gasteiger partial charge in [-0.3, -0.25) is 0 Å². The number of rotatable bonds is 2. The molecule has 7 heteroatoms. The third-order valence-electron chi connectivity index (χ3n) is 2.02. The molecular weight excluding hydrogens is 276 g/mol. The molecule has 3 nitrogen and oxygen atoms in total. The van der Waals surface area contributed by atoms with E-state index in [0.29, 0.717) is 9.96 Å². The Labute approximate surface area is 92.3 Å². The van der Waals surface area contributed by atoms with Gasteiger partial charge in [0.1, 0.15) is 0 Å². The fourth-order valence-corrected chi connectivity index (χ4v) is 2.62. The van der Waals surface area contributed by atoms with Gasteiger partial charge in [0.2, 0.25) is 5.13 Å². The molecule has 2 heterocycles. The predicted molar refractivity (Wildman–Crippen MR) is 54.4 cm³/mol. The van der Waals surface area contributed by atoms with Crippen LogP contribution in [-0.2, 0) is 0 Å². The van der Waals surface area contributed by atoms with E-state index in [1.54, 1.807) is 0 Å². The highest BCUT2D eigenvalue weighted by molar-refractivity contribution is 9.09. The zero-order valence-corrected chi connectivity index (χ0v) is 9.56. The zero-order valence-electron chi connectivity index (χ0n) is 7.16. The number of anilines is 1. The average Bonchev–Trinajstić information content (AvgIpc) is 2.70. The lowest BCUT2D eigenvalue weighted by atomic mass is 10.4. The molecule has 0 radical (unpaired) electrons. The van der Waals surface area contributed by atoms with E-state index in [0.717, 1.165) is 30.8 Å². The van der Waals surface area contributed by atoms with Crippen LogP contribution < -0.4 is 4.90 Å². The lowest BCUT2D eigenvalue weighted by molar-refractivity contribution is 0.150. The maximum atomic E-state index is 12.2. The molecule has 0 saturated carbocycles. The fourth-order valence-electron chi connectivity index (χ4n) is 1.33. The molecule has 14 heavy (non-hydrogen) atoms. The molecule has 0 aliphatic carbocycles. The maximum Gasteiger partial charge on any atom is 0.291 e. The van der Waals surface area contributed by atoms with E-state index < -0.39 is 6.43 Å². The van der Waals surface area contributed by atoms with Crippen molar-refractivity contribution < 1.29 is 8.78 Å². The number of aromatic nitrogens is 2. The van der Waals surface area contributed by atoms with Gasteiger partial charge in [-0.25, -0.2) is 8.78 Å². The van der Waals surface area contributed by atoms with Crippen LogP contribution in [0.4, 0.5) is 13.9 Å². The molecule has 1 fully saturated rings. The van der Waals surface area contributed by atoms with Gasteiger partial charge in [0, 0.05) is 17.9 Å². The summed E-state index contributed by atoms with van der Waals surface area (Å²) in [6.07, 6.45) is -1.49. The van der Waals surface area contributed by atoms with Crippen LogP contribution in [0.3, 0.4) is 0 Å². The molecule has 2 rings (SSSR count). The van der Waals surface area contributed by atoms with Crippen LogP contribution in [0.25, 0.3) is 0 Å². The van der Waals surface area contributed by atoms with E-state index in [1.165, 1.54) is 0 Å². The summed E-state index contributed by atoms with van der Waals surface area (Å²) in [7, 11) is 0.